The van der Waals surface area contributed by atoms with Gasteiger partial charge in [-0.25, -0.2) is 4.98 Å². The molecule has 2 rings (SSSR count). The maximum Gasteiger partial charge on any atom is 0.128 e. The lowest BCUT2D eigenvalue weighted by Crippen LogP contribution is -2.46. The fraction of sp³-hybridized carbons (Fsp3) is 0.583. The molecule has 3 N–H and O–H groups in total. The van der Waals surface area contributed by atoms with Gasteiger partial charge in [0.25, 0.3) is 0 Å². The van der Waals surface area contributed by atoms with Crippen molar-refractivity contribution >= 4 is 5.82 Å². The van der Waals surface area contributed by atoms with E-state index in [0.717, 1.165) is 30.9 Å². The minimum Gasteiger partial charge on any atom is -0.388 e. The molecule has 1 unspecified atom stereocenters. The van der Waals surface area contributed by atoms with Crippen molar-refractivity contribution in [2.75, 3.05) is 18.0 Å². The van der Waals surface area contributed by atoms with Crippen LogP contribution in [0.4, 0.5) is 5.82 Å². The van der Waals surface area contributed by atoms with Crippen LogP contribution in [0.3, 0.4) is 0 Å². The van der Waals surface area contributed by atoms with Crippen LogP contribution >= 0.6 is 0 Å². The van der Waals surface area contributed by atoms with Crippen LogP contribution in [0.2, 0.25) is 0 Å². The van der Waals surface area contributed by atoms with E-state index in [2.05, 4.69) is 9.88 Å². The highest BCUT2D eigenvalue weighted by Gasteiger charge is 2.28. The molecular weight excluding hydrogens is 202 g/mol. The van der Waals surface area contributed by atoms with Gasteiger partial charge in [0.1, 0.15) is 5.82 Å². The van der Waals surface area contributed by atoms with E-state index in [0.29, 0.717) is 13.1 Å². The normalized spacial score (nSPS) is 25.8. The van der Waals surface area contributed by atoms with Gasteiger partial charge in [0, 0.05) is 19.6 Å². The number of anilines is 1. The minimum absolute atomic E-state index is 0.456. The van der Waals surface area contributed by atoms with Crippen LogP contribution in [0.25, 0.3) is 0 Å². The molecule has 0 amide bonds. The Kier molecular flexibility index (Phi) is 3.12. The zero-order chi connectivity index (χ0) is 11.6. The number of piperidine rings is 1. The molecule has 0 saturated carbocycles. The Bertz CT molecular complexity index is 365. The van der Waals surface area contributed by atoms with Crippen molar-refractivity contribution in [2.24, 2.45) is 5.73 Å². The Morgan fingerprint density at radius 2 is 2.38 bits per heavy atom. The first-order chi connectivity index (χ1) is 7.61. The van der Waals surface area contributed by atoms with Crippen LogP contribution in [0.15, 0.2) is 18.2 Å². The van der Waals surface area contributed by atoms with Gasteiger partial charge in [-0.15, -0.1) is 0 Å². The summed E-state index contributed by atoms with van der Waals surface area (Å²) in [5, 5.41) is 10.0. The number of nitrogens with two attached hydrogens (primary N) is 1. The molecule has 1 fully saturated rings. The smallest absolute Gasteiger partial charge is 0.128 e. The zero-order valence-corrected chi connectivity index (χ0v) is 9.69. The Balaban J connectivity index is 2.16. The van der Waals surface area contributed by atoms with Gasteiger partial charge in [0.05, 0.1) is 11.3 Å². The molecule has 1 saturated heterocycles. The van der Waals surface area contributed by atoms with Crippen LogP contribution in [0.1, 0.15) is 25.5 Å². The second kappa shape index (κ2) is 4.39. The first-order valence-corrected chi connectivity index (χ1v) is 5.74. The van der Waals surface area contributed by atoms with Crippen molar-refractivity contribution in [3.8, 4) is 0 Å². The topological polar surface area (TPSA) is 62.4 Å². The Hall–Kier alpha value is -1.13. The largest absolute Gasteiger partial charge is 0.388 e. The van der Waals surface area contributed by atoms with E-state index in [-0.39, 0.29) is 0 Å². The highest BCUT2D eigenvalue weighted by atomic mass is 16.3. The standard InChI is InChI=1S/C12H19N3O/c1-12(16)6-3-7-15(9-12)11-5-2-4-10(8-13)14-11/h2,4-5,16H,3,6-9,13H2,1H3. The molecule has 16 heavy (non-hydrogen) atoms. The lowest BCUT2D eigenvalue weighted by molar-refractivity contribution is 0.0447. The van der Waals surface area contributed by atoms with E-state index < -0.39 is 5.60 Å². The first kappa shape index (κ1) is 11.4. The van der Waals surface area contributed by atoms with Crippen LogP contribution in [0.5, 0.6) is 0 Å². The van der Waals surface area contributed by atoms with Gasteiger partial charge in [0.2, 0.25) is 0 Å². The highest BCUT2D eigenvalue weighted by molar-refractivity contribution is 5.40. The first-order valence-electron chi connectivity index (χ1n) is 5.74. The molecule has 0 aliphatic carbocycles. The van der Waals surface area contributed by atoms with E-state index in [4.69, 9.17) is 5.73 Å². The third-order valence-corrected chi connectivity index (χ3v) is 3.00. The molecule has 1 atom stereocenters. The highest BCUT2D eigenvalue weighted by Crippen LogP contribution is 2.24. The molecule has 0 radical (unpaired) electrons. The number of aromatic nitrogens is 1. The van der Waals surface area contributed by atoms with Crippen molar-refractivity contribution in [2.45, 2.75) is 31.9 Å². The summed E-state index contributed by atoms with van der Waals surface area (Å²) in [6.07, 6.45) is 1.86. The van der Waals surface area contributed by atoms with Gasteiger partial charge in [-0.1, -0.05) is 6.07 Å². The third kappa shape index (κ3) is 2.51. The van der Waals surface area contributed by atoms with E-state index in [9.17, 15) is 5.11 Å². The summed E-state index contributed by atoms with van der Waals surface area (Å²) in [6.45, 7) is 3.94. The number of β-amino-alcohol motifs (C(OH)–C–C–N with tert-alkyl or cyclic N) is 1. The Morgan fingerprint density at radius 3 is 3.06 bits per heavy atom. The number of hydrogen-bond acceptors (Lipinski definition) is 4. The van der Waals surface area contributed by atoms with E-state index in [1.54, 1.807) is 0 Å². The van der Waals surface area contributed by atoms with Gasteiger partial charge in [0.15, 0.2) is 0 Å². The molecule has 88 valence electrons. The average molecular weight is 221 g/mol. The van der Waals surface area contributed by atoms with Crippen molar-refractivity contribution in [3.63, 3.8) is 0 Å². The fourth-order valence-corrected chi connectivity index (χ4v) is 2.17. The lowest BCUT2D eigenvalue weighted by atomic mass is 9.95. The van der Waals surface area contributed by atoms with Gasteiger partial charge in [-0.05, 0) is 31.9 Å². The summed E-state index contributed by atoms with van der Waals surface area (Å²) >= 11 is 0. The lowest BCUT2D eigenvalue weighted by Gasteiger charge is -2.37. The van der Waals surface area contributed by atoms with Crippen molar-refractivity contribution in [1.82, 2.24) is 4.98 Å². The Morgan fingerprint density at radius 1 is 1.56 bits per heavy atom. The molecule has 4 nitrogen and oxygen atoms in total. The van der Waals surface area contributed by atoms with Gasteiger partial charge in [-0.3, -0.25) is 0 Å². The van der Waals surface area contributed by atoms with Crippen LogP contribution in [0, 0.1) is 0 Å². The van der Waals surface area contributed by atoms with E-state index >= 15 is 0 Å². The summed E-state index contributed by atoms with van der Waals surface area (Å²) in [7, 11) is 0. The molecule has 4 heteroatoms. The Labute approximate surface area is 96.1 Å². The average Bonchev–Trinajstić information content (AvgIpc) is 2.28. The summed E-state index contributed by atoms with van der Waals surface area (Å²) in [4.78, 5) is 6.60. The summed E-state index contributed by atoms with van der Waals surface area (Å²) in [6, 6.07) is 5.86. The van der Waals surface area contributed by atoms with Crippen molar-refractivity contribution < 1.29 is 5.11 Å². The maximum absolute atomic E-state index is 10.0. The van der Waals surface area contributed by atoms with Crippen molar-refractivity contribution in [1.29, 1.82) is 0 Å². The molecule has 0 aromatic carbocycles. The molecule has 0 bridgehead atoms. The predicted octanol–water partition coefficient (Wildman–Crippen LogP) is 0.892. The van der Waals surface area contributed by atoms with Crippen LogP contribution in [-0.4, -0.2) is 28.8 Å². The third-order valence-electron chi connectivity index (χ3n) is 3.00. The van der Waals surface area contributed by atoms with Crippen LogP contribution in [-0.2, 0) is 6.54 Å². The van der Waals surface area contributed by atoms with Crippen LogP contribution < -0.4 is 10.6 Å². The second-order valence-electron chi connectivity index (χ2n) is 4.71. The number of aliphatic hydroxyl groups is 1. The predicted molar refractivity (Wildman–Crippen MR) is 64.2 cm³/mol. The number of rotatable bonds is 2. The van der Waals surface area contributed by atoms with Crippen molar-refractivity contribution in [3.05, 3.63) is 23.9 Å². The molecule has 0 spiro atoms. The van der Waals surface area contributed by atoms with Gasteiger partial charge >= 0.3 is 0 Å². The van der Waals surface area contributed by atoms with E-state index in [1.807, 2.05) is 25.1 Å². The molecular formula is C12H19N3O. The van der Waals surface area contributed by atoms with Gasteiger partial charge < -0.3 is 15.7 Å². The number of hydrogen-bond donors (Lipinski definition) is 2. The monoisotopic (exact) mass is 221 g/mol. The molecule has 1 aromatic rings. The minimum atomic E-state index is -0.599. The fourth-order valence-electron chi connectivity index (χ4n) is 2.17. The summed E-state index contributed by atoms with van der Waals surface area (Å²) < 4.78 is 0. The summed E-state index contributed by atoms with van der Waals surface area (Å²) in [5.74, 6) is 0.919. The zero-order valence-electron chi connectivity index (χ0n) is 9.69. The summed E-state index contributed by atoms with van der Waals surface area (Å²) in [5.41, 5.74) is 5.86. The van der Waals surface area contributed by atoms with Gasteiger partial charge in [-0.2, -0.15) is 0 Å². The second-order valence-corrected chi connectivity index (χ2v) is 4.71. The quantitative estimate of drug-likeness (QED) is 0.778. The number of pyridine rings is 1. The van der Waals surface area contributed by atoms with E-state index in [1.165, 1.54) is 0 Å². The molecule has 2 heterocycles. The molecule has 1 aliphatic heterocycles. The number of nitrogens with zero attached hydrogens (tertiary/aromatic N) is 2. The molecule has 1 aliphatic rings. The molecule has 1 aromatic heterocycles. The SMILES string of the molecule is CC1(O)CCCN(c2cccc(CN)n2)C1. The maximum atomic E-state index is 10.0.